The highest BCUT2D eigenvalue weighted by Crippen LogP contribution is 2.22. The molecule has 0 saturated carbocycles. The molecule has 1 heterocycles. The smallest absolute Gasteiger partial charge is 0.365 e. The highest BCUT2D eigenvalue weighted by molar-refractivity contribution is 5.90. The van der Waals surface area contributed by atoms with Gasteiger partial charge in [-0.15, -0.1) is 0 Å². The summed E-state index contributed by atoms with van der Waals surface area (Å²) in [7, 11) is 1.57. The van der Waals surface area contributed by atoms with Gasteiger partial charge in [0.25, 0.3) is 0 Å². The van der Waals surface area contributed by atoms with Crippen LogP contribution in [0, 0.1) is 6.92 Å². The maximum absolute atomic E-state index is 12.1. The summed E-state index contributed by atoms with van der Waals surface area (Å²) in [5.41, 5.74) is 2.12. The molecule has 0 spiro atoms. The number of rotatable bonds is 4. The van der Waals surface area contributed by atoms with E-state index in [0.29, 0.717) is 17.3 Å². The first kappa shape index (κ1) is 14.8. The van der Waals surface area contributed by atoms with Crippen molar-refractivity contribution in [3.8, 4) is 22.8 Å². The summed E-state index contributed by atoms with van der Waals surface area (Å²) in [5.74, 6) is 1.05. The first-order valence-electron chi connectivity index (χ1n) is 7.06. The molecule has 0 amide bonds. The quantitative estimate of drug-likeness (QED) is 0.540. The molecule has 5 nitrogen and oxygen atoms in total. The Labute approximate surface area is 133 Å². The van der Waals surface area contributed by atoms with Crippen LogP contribution in [-0.4, -0.2) is 18.2 Å². The number of hydrogen-bond acceptors (Lipinski definition) is 5. The van der Waals surface area contributed by atoms with Crippen LogP contribution in [0.25, 0.3) is 11.3 Å². The molecule has 5 heteroatoms. The molecular formula is C18H15NO4. The largest absolute Gasteiger partial charge is 0.497 e. The summed E-state index contributed by atoms with van der Waals surface area (Å²) >= 11 is 0. The summed E-state index contributed by atoms with van der Waals surface area (Å²) in [5, 5.41) is 3.77. The van der Waals surface area contributed by atoms with Crippen molar-refractivity contribution >= 4 is 5.97 Å². The Balaban J connectivity index is 1.74. The number of methoxy groups -OCH3 is 1. The standard InChI is InChI=1S/C18H15NO4/c1-12-3-5-13(6-4-12)17-11-16(19-23-17)18(20)22-15-9-7-14(21-2)8-10-15/h3-11H,1-2H3. The maximum Gasteiger partial charge on any atom is 0.365 e. The lowest BCUT2D eigenvalue weighted by atomic mass is 10.1. The van der Waals surface area contributed by atoms with Crippen LogP contribution >= 0.6 is 0 Å². The molecule has 2 aromatic carbocycles. The highest BCUT2D eigenvalue weighted by Gasteiger charge is 2.16. The lowest BCUT2D eigenvalue weighted by Crippen LogP contribution is -2.08. The van der Waals surface area contributed by atoms with Crippen molar-refractivity contribution in [2.45, 2.75) is 6.92 Å². The van der Waals surface area contributed by atoms with E-state index in [9.17, 15) is 4.79 Å². The molecule has 1 aromatic heterocycles. The Morgan fingerprint density at radius 3 is 2.30 bits per heavy atom. The van der Waals surface area contributed by atoms with E-state index in [-0.39, 0.29) is 5.69 Å². The predicted molar refractivity (Wildman–Crippen MR) is 84.6 cm³/mol. The second-order valence-electron chi connectivity index (χ2n) is 5.01. The zero-order valence-electron chi connectivity index (χ0n) is 12.8. The van der Waals surface area contributed by atoms with Crippen LogP contribution < -0.4 is 9.47 Å². The lowest BCUT2D eigenvalue weighted by Gasteiger charge is -2.03. The van der Waals surface area contributed by atoms with Crippen molar-refractivity contribution < 1.29 is 18.8 Å². The first-order chi connectivity index (χ1) is 11.2. The van der Waals surface area contributed by atoms with Gasteiger partial charge in [-0.05, 0) is 31.2 Å². The first-order valence-corrected chi connectivity index (χ1v) is 7.06. The van der Waals surface area contributed by atoms with Gasteiger partial charge in [-0.25, -0.2) is 4.79 Å². The minimum absolute atomic E-state index is 0.122. The molecule has 0 unspecified atom stereocenters. The number of ether oxygens (including phenoxy) is 2. The van der Waals surface area contributed by atoms with Crippen LogP contribution in [0.15, 0.2) is 59.1 Å². The minimum atomic E-state index is -0.572. The van der Waals surface area contributed by atoms with Crippen LogP contribution in [0.3, 0.4) is 0 Å². The Kier molecular flexibility index (Phi) is 4.10. The van der Waals surface area contributed by atoms with Gasteiger partial charge >= 0.3 is 5.97 Å². The van der Waals surface area contributed by atoms with Gasteiger partial charge < -0.3 is 14.0 Å². The molecular weight excluding hydrogens is 294 g/mol. The van der Waals surface area contributed by atoms with Crippen molar-refractivity contribution in [3.63, 3.8) is 0 Å². The van der Waals surface area contributed by atoms with Crippen LogP contribution in [0.4, 0.5) is 0 Å². The molecule has 0 aliphatic heterocycles. The fourth-order valence-corrected chi connectivity index (χ4v) is 2.03. The number of carbonyl (C=O) groups is 1. The Hall–Kier alpha value is -3.08. The van der Waals surface area contributed by atoms with E-state index < -0.39 is 5.97 Å². The van der Waals surface area contributed by atoms with Gasteiger partial charge in [0.15, 0.2) is 11.5 Å². The Morgan fingerprint density at radius 2 is 1.65 bits per heavy atom. The Bertz CT molecular complexity index is 804. The van der Waals surface area contributed by atoms with E-state index in [4.69, 9.17) is 14.0 Å². The monoisotopic (exact) mass is 309 g/mol. The molecule has 116 valence electrons. The minimum Gasteiger partial charge on any atom is -0.497 e. The molecule has 0 atom stereocenters. The number of esters is 1. The van der Waals surface area contributed by atoms with Crippen molar-refractivity contribution in [2.24, 2.45) is 0 Å². The maximum atomic E-state index is 12.1. The summed E-state index contributed by atoms with van der Waals surface area (Å²) in [4.78, 5) is 12.1. The molecule has 0 saturated heterocycles. The second-order valence-corrected chi connectivity index (χ2v) is 5.01. The number of hydrogen-bond donors (Lipinski definition) is 0. The fraction of sp³-hybridized carbons (Fsp3) is 0.111. The average Bonchev–Trinajstić information content (AvgIpc) is 3.06. The molecule has 0 bridgehead atoms. The molecule has 0 aliphatic rings. The topological polar surface area (TPSA) is 61.6 Å². The van der Waals surface area contributed by atoms with E-state index in [1.54, 1.807) is 37.4 Å². The number of carbonyl (C=O) groups excluding carboxylic acids is 1. The second kappa shape index (κ2) is 6.36. The Morgan fingerprint density at radius 1 is 1.00 bits per heavy atom. The SMILES string of the molecule is COc1ccc(OC(=O)c2cc(-c3ccc(C)cc3)on2)cc1. The average molecular weight is 309 g/mol. The van der Waals surface area contributed by atoms with E-state index in [0.717, 1.165) is 11.1 Å². The van der Waals surface area contributed by atoms with Gasteiger partial charge in [-0.2, -0.15) is 0 Å². The fourth-order valence-electron chi connectivity index (χ4n) is 2.03. The van der Waals surface area contributed by atoms with Crippen molar-refractivity contribution in [2.75, 3.05) is 7.11 Å². The van der Waals surface area contributed by atoms with E-state index in [1.165, 1.54) is 0 Å². The van der Waals surface area contributed by atoms with Gasteiger partial charge in [0.2, 0.25) is 0 Å². The predicted octanol–water partition coefficient (Wildman–Crippen LogP) is 3.88. The third kappa shape index (κ3) is 3.40. The van der Waals surface area contributed by atoms with Gasteiger partial charge in [-0.3, -0.25) is 0 Å². The third-order valence-corrected chi connectivity index (χ3v) is 3.33. The van der Waals surface area contributed by atoms with Crippen molar-refractivity contribution in [1.82, 2.24) is 5.16 Å². The van der Waals surface area contributed by atoms with Gasteiger partial charge in [-0.1, -0.05) is 35.0 Å². The normalized spacial score (nSPS) is 10.3. The number of benzene rings is 2. The summed E-state index contributed by atoms with van der Waals surface area (Å²) < 4.78 is 15.5. The van der Waals surface area contributed by atoms with Gasteiger partial charge in [0, 0.05) is 11.6 Å². The van der Waals surface area contributed by atoms with E-state index >= 15 is 0 Å². The van der Waals surface area contributed by atoms with Crippen LogP contribution in [0.5, 0.6) is 11.5 Å². The molecule has 0 radical (unpaired) electrons. The van der Waals surface area contributed by atoms with Gasteiger partial charge in [0.1, 0.15) is 11.5 Å². The lowest BCUT2D eigenvalue weighted by molar-refractivity contribution is 0.0724. The number of nitrogens with zero attached hydrogens (tertiary/aromatic N) is 1. The van der Waals surface area contributed by atoms with E-state index in [2.05, 4.69) is 5.16 Å². The van der Waals surface area contributed by atoms with Crippen LogP contribution in [0.1, 0.15) is 16.1 Å². The summed E-state index contributed by atoms with van der Waals surface area (Å²) in [6.45, 7) is 2.00. The van der Waals surface area contributed by atoms with E-state index in [1.807, 2.05) is 31.2 Å². The summed E-state index contributed by atoms with van der Waals surface area (Å²) in [6.07, 6.45) is 0. The molecule has 0 aliphatic carbocycles. The zero-order valence-corrected chi connectivity index (χ0v) is 12.8. The van der Waals surface area contributed by atoms with Crippen molar-refractivity contribution in [3.05, 3.63) is 65.9 Å². The summed E-state index contributed by atoms with van der Waals surface area (Å²) in [6, 6.07) is 16.0. The molecule has 23 heavy (non-hydrogen) atoms. The third-order valence-electron chi connectivity index (χ3n) is 3.33. The molecule has 0 fully saturated rings. The van der Waals surface area contributed by atoms with Crippen LogP contribution in [0.2, 0.25) is 0 Å². The number of aromatic nitrogens is 1. The molecule has 3 aromatic rings. The van der Waals surface area contributed by atoms with Gasteiger partial charge in [0.05, 0.1) is 7.11 Å². The zero-order chi connectivity index (χ0) is 16.2. The highest BCUT2D eigenvalue weighted by atomic mass is 16.5. The molecule has 0 N–H and O–H groups in total. The van der Waals surface area contributed by atoms with Crippen LogP contribution in [-0.2, 0) is 0 Å². The number of aryl methyl sites for hydroxylation is 1. The molecule has 3 rings (SSSR count). The van der Waals surface area contributed by atoms with Crippen molar-refractivity contribution in [1.29, 1.82) is 0 Å².